The quantitative estimate of drug-likeness (QED) is 0.779. The van der Waals surface area contributed by atoms with Crippen LogP contribution >= 0.6 is 0 Å². The third-order valence-corrected chi connectivity index (χ3v) is 3.78. The lowest BCUT2D eigenvalue weighted by Gasteiger charge is -2.07. The van der Waals surface area contributed by atoms with Crippen molar-refractivity contribution in [2.75, 3.05) is 5.32 Å². The molecule has 5 heteroatoms. The van der Waals surface area contributed by atoms with Gasteiger partial charge in [0.15, 0.2) is 0 Å². The Morgan fingerprint density at radius 1 is 1.09 bits per heavy atom. The maximum Gasteiger partial charge on any atom is 0.131 e. The molecule has 1 N–H and O–H groups in total. The van der Waals surface area contributed by atoms with Crippen molar-refractivity contribution in [1.29, 1.82) is 0 Å². The minimum Gasteiger partial charge on any atom is -0.366 e. The van der Waals surface area contributed by atoms with E-state index in [-0.39, 0.29) is 6.54 Å². The highest BCUT2D eigenvalue weighted by atomic mass is 19.1. The van der Waals surface area contributed by atoms with E-state index in [1.807, 2.05) is 44.3 Å². The molecule has 0 saturated heterocycles. The van der Waals surface area contributed by atoms with E-state index in [0.717, 1.165) is 28.7 Å². The van der Waals surface area contributed by atoms with Crippen molar-refractivity contribution in [1.82, 2.24) is 9.78 Å². The molecule has 0 aliphatic rings. The molecule has 3 aromatic rings. The second-order valence-corrected chi connectivity index (χ2v) is 5.44. The first-order valence-electron chi connectivity index (χ1n) is 7.32. The highest BCUT2D eigenvalue weighted by molar-refractivity contribution is 5.66. The maximum atomic E-state index is 13.7. The minimum absolute atomic E-state index is 0.263. The number of benzene rings is 2. The molecule has 0 saturated carbocycles. The van der Waals surface area contributed by atoms with E-state index < -0.39 is 11.6 Å². The van der Waals surface area contributed by atoms with Crippen LogP contribution in [0.25, 0.3) is 11.3 Å². The molecule has 1 aromatic heterocycles. The van der Waals surface area contributed by atoms with Crippen LogP contribution in [-0.4, -0.2) is 9.78 Å². The Kier molecular flexibility index (Phi) is 4.10. The number of halogens is 2. The largest absolute Gasteiger partial charge is 0.366 e. The van der Waals surface area contributed by atoms with Gasteiger partial charge in [0.1, 0.15) is 17.5 Å². The Morgan fingerprint density at radius 2 is 1.87 bits per heavy atom. The van der Waals surface area contributed by atoms with Crippen LogP contribution in [0.2, 0.25) is 0 Å². The summed E-state index contributed by atoms with van der Waals surface area (Å²) in [5.74, 6) is -0.362. The predicted molar refractivity (Wildman–Crippen MR) is 87.1 cm³/mol. The Morgan fingerprint density at radius 3 is 2.61 bits per heavy atom. The summed E-state index contributed by atoms with van der Waals surface area (Å²) < 4.78 is 28.3. The normalized spacial score (nSPS) is 10.8. The molecule has 23 heavy (non-hydrogen) atoms. The van der Waals surface area contributed by atoms with E-state index in [1.165, 1.54) is 12.1 Å². The van der Waals surface area contributed by atoms with Crippen LogP contribution in [0.5, 0.6) is 0 Å². The molecule has 2 aromatic carbocycles. The molecule has 0 unspecified atom stereocenters. The zero-order chi connectivity index (χ0) is 16.4. The fourth-order valence-electron chi connectivity index (χ4n) is 2.48. The topological polar surface area (TPSA) is 29.9 Å². The monoisotopic (exact) mass is 313 g/mol. The summed E-state index contributed by atoms with van der Waals surface area (Å²) >= 11 is 0. The fraction of sp³-hybridized carbons (Fsp3) is 0.167. The lowest BCUT2D eigenvalue weighted by molar-refractivity contribution is 0.573. The average Bonchev–Trinajstić information content (AvgIpc) is 2.88. The maximum absolute atomic E-state index is 13.7. The smallest absolute Gasteiger partial charge is 0.131 e. The van der Waals surface area contributed by atoms with Gasteiger partial charge in [-0.3, -0.25) is 4.68 Å². The van der Waals surface area contributed by atoms with Crippen LogP contribution in [0.15, 0.2) is 48.5 Å². The number of nitrogens with one attached hydrogen (secondary N) is 1. The third kappa shape index (κ3) is 3.23. The highest BCUT2D eigenvalue weighted by Gasteiger charge is 2.10. The molecular formula is C18H17F2N3. The summed E-state index contributed by atoms with van der Waals surface area (Å²) in [5.41, 5.74) is 3.46. The lowest BCUT2D eigenvalue weighted by atomic mass is 10.1. The van der Waals surface area contributed by atoms with Gasteiger partial charge < -0.3 is 5.32 Å². The van der Waals surface area contributed by atoms with Gasteiger partial charge in [-0.15, -0.1) is 0 Å². The minimum atomic E-state index is -0.575. The Bertz CT molecular complexity index is 840. The van der Waals surface area contributed by atoms with Gasteiger partial charge in [-0.05, 0) is 18.6 Å². The van der Waals surface area contributed by atoms with E-state index in [1.54, 1.807) is 4.68 Å². The van der Waals surface area contributed by atoms with Crippen molar-refractivity contribution in [2.45, 2.75) is 13.5 Å². The van der Waals surface area contributed by atoms with Crippen molar-refractivity contribution in [3.63, 3.8) is 0 Å². The molecule has 0 fully saturated rings. The van der Waals surface area contributed by atoms with Gasteiger partial charge in [0.2, 0.25) is 0 Å². The summed E-state index contributed by atoms with van der Waals surface area (Å²) in [6.07, 6.45) is 0. The SMILES string of the molecule is Cc1ccccc1-c1cc(NCc2ccc(F)cc2F)n(C)n1. The standard InChI is InChI=1S/C18H17F2N3/c1-12-5-3-4-6-15(12)17-10-18(23(2)22-17)21-11-13-7-8-14(19)9-16(13)20/h3-10,21H,11H2,1-2H3. The molecule has 3 nitrogen and oxygen atoms in total. The number of anilines is 1. The Labute approximate surface area is 133 Å². The fourth-order valence-corrected chi connectivity index (χ4v) is 2.48. The van der Waals surface area contributed by atoms with Crippen LogP contribution in [0.4, 0.5) is 14.6 Å². The molecule has 0 spiro atoms. The summed E-state index contributed by atoms with van der Waals surface area (Å²) in [4.78, 5) is 0. The number of hydrogen-bond acceptors (Lipinski definition) is 2. The van der Waals surface area contributed by atoms with Crippen LogP contribution in [0.3, 0.4) is 0 Å². The number of hydrogen-bond donors (Lipinski definition) is 1. The van der Waals surface area contributed by atoms with Gasteiger partial charge in [-0.2, -0.15) is 5.10 Å². The first-order chi connectivity index (χ1) is 11.0. The van der Waals surface area contributed by atoms with Gasteiger partial charge >= 0.3 is 0 Å². The zero-order valence-electron chi connectivity index (χ0n) is 13.0. The zero-order valence-corrected chi connectivity index (χ0v) is 13.0. The first kappa shape index (κ1) is 15.2. The molecular weight excluding hydrogens is 296 g/mol. The van der Waals surface area contributed by atoms with E-state index in [4.69, 9.17) is 0 Å². The average molecular weight is 313 g/mol. The van der Waals surface area contributed by atoms with Gasteiger partial charge in [0.25, 0.3) is 0 Å². The summed E-state index contributed by atoms with van der Waals surface area (Å²) in [5, 5.41) is 7.63. The van der Waals surface area contributed by atoms with Crippen molar-refractivity contribution in [3.05, 3.63) is 71.3 Å². The number of aryl methyl sites for hydroxylation is 2. The van der Waals surface area contributed by atoms with Gasteiger partial charge in [0, 0.05) is 36.9 Å². The van der Waals surface area contributed by atoms with Crippen LogP contribution in [0.1, 0.15) is 11.1 Å². The van der Waals surface area contributed by atoms with Gasteiger partial charge in [-0.1, -0.05) is 30.3 Å². The summed E-state index contributed by atoms with van der Waals surface area (Å²) in [6.45, 7) is 2.30. The van der Waals surface area contributed by atoms with Gasteiger partial charge in [0.05, 0.1) is 5.69 Å². The molecule has 1 heterocycles. The van der Waals surface area contributed by atoms with E-state index >= 15 is 0 Å². The summed E-state index contributed by atoms with van der Waals surface area (Å²) in [6, 6.07) is 13.5. The third-order valence-electron chi connectivity index (χ3n) is 3.78. The van der Waals surface area contributed by atoms with Crippen LogP contribution in [0, 0.1) is 18.6 Å². The molecule has 0 aliphatic heterocycles. The van der Waals surface area contributed by atoms with E-state index in [2.05, 4.69) is 10.4 Å². The first-order valence-corrected chi connectivity index (χ1v) is 7.32. The van der Waals surface area contributed by atoms with Crippen molar-refractivity contribution in [2.24, 2.45) is 7.05 Å². The number of aromatic nitrogens is 2. The van der Waals surface area contributed by atoms with Crippen LogP contribution < -0.4 is 5.32 Å². The second kappa shape index (κ2) is 6.20. The Balaban J connectivity index is 1.80. The van der Waals surface area contributed by atoms with Gasteiger partial charge in [-0.25, -0.2) is 8.78 Å². The van der Waals surface area contributed by atoms with Crippen molar-refractivity contribution >= 4 is 5.82 Å². The highest BCUT2D eigenvalue weighted by Crippen LogP contribution is 2.24. The Hall–Kier alpha value is -2.69. The van der Waals surface area contributed by atoms with Crippen LogP contribution in [-0.2, 0) is 13.6 Å². The molecule has 0 aliphatic carbocycles. The molecule has 0 bridgehead atoms. The van der Waals surface area contributed by atoms with E-state index in [0.29, 0.717) is 5.56 Å². The lowest BCUT2D eigenvalue weighted by Crippen LogP contribution is -2.06. The van der Waals surface area contributed by atoms with E-state index in [9.17, 15) is 8.78 Å². The number of rotatable bonds is 4. The van der Waals surface area contributed by atoms with Crippen molar-refractivity contribution in [3.8, 4) is 11.3 Å². The predicted octanol–water partition coefficient (Wildman–Crippen LogP) is 4.29. The molecule has 0 radical (unpaired) electrons. The van der Waals surface area contributed by atoms with Crippen molar-refractivity contribution < 1.29 is 8.78 Å². The number of nitrogens with zero attached hydrogens (tertiary/aromatic N) is 2. The molecule has 118 valence electrons. The molecule has 0 atom stereocenters. The summed E-state index contributed by atoms with van der Waals surface area (Å²) in [7, 11) is 1.82. The molecule has 3 rings (SSSR count). The second-order valence-electron chi connectivity index (χ2n) is 5.44. The molecule has 0 amide bonds.